The number of ether oxygens (including phenoxy) is 2. The SMILES string of the molecule is CC(=O)OC(C)(/N=N/C(C)(OC(C)=O)c1ccccc1)c1ccccc1. The Hall–Kier alpha value is -3.02. The molecule has 0 aliphatic heterocycles. The highest BCUT2D eigenvalue weighted by Gasteiger charge is 2.35. The van der Waals surface area contributed by atoms with Crippen LogP contribution in [0.5, 0.6) is 0 Å². The Morgan fingerprint density at radius 2 is 1.00 bits per heavy atom. The van der Waals surface area contributed by atoms with E-state index in [1.54, 1.807) is 38.1 Å². The molecule has 2 unspecified atom stereocenters. The van der Waals surface area contributed by atoms with Crippen molar-refractivity contribution in [2.24, 2.45) is 10.2 Å². The van der Waals surface area contributed by atoms with Gasteiger partial charge in [0, 0.05) is 38.8 Å². The van der Waals surface area contributed by atoms with E-state index in [4.69, 9.17) is 9.47 Å². The number of rotatable bonds is 6. The van der Waals surface area contributed by atoms with E-state index in [1.807, 2.05) is 36.4 Å². The first-order chi connectivity index (χ1) is 12.3. The minimum atomic E-state index is -1.34. The summed E-state index contributed by atoms with van der Waals surface area (Å²) in [5.41, 5.74) is -1.39. The third-order valence-corrected chi connectivity index (χ3v) is 3.74. The van der Waals surface area contributed by atoms with Crippen molar-refractivity contribution in [3.05, 3.63) is 71.8 Å². The Morgan fingerprint density at radius 3 is 1.27 bits per heavy atom. The minimum Gasteiger partial charge on any atom is -0.431 e. The van der Waals surface area contributed by atoms with Crippen molar-refractivity contribution in [3.8, 4) is 0 Å². The number of carbonyl (C=O) groups is 2. The fourth-order valence-electron chi connectivity index (χ4n) is 2.52. The van der Waals surface area contributed by atoms with Crippen molar-refractivity contribution in [2.75, 3.05) is 0 Å². The van der Waals surface area contributed by atoms with Crippen LogP contribution in [0.3, 0.4) is 0 Å². The highest BCUT2D eigenvalue weighted by molar-refractivity contribution is 5.67. The third kappa shape index (κ3) is 4.75. The highest BCUT2D eigenvalue weighted by atomic mass is 16.6. The first-order valence-electron chi connectivity index (χ1n) is 8.19. The summed E-state index contributed by atoms with van der Waals surface area (Å²) < 4.78 is 10.8. The molecular weight excluding hydrogens is 332 g/mol. The largest absolute Gasteiger partial charge is 0.431 e. The fourth-order valence-corrected chi connectivity index (χ4v) is 2.52. The van der Waals surface area contributed by atoms with Gasteiger partial charge >= 0.3 is 11.9 Å². The summed E-state index contributed by atoms with van der Waals surface area (Å²) in [7, 11) is 0. The van der Waals surface area contributed by atoms with Gasteiger partial charge in [0.15, 0.2) is 0 Å². The predicted octanol–water partition coefficient (Wildman–Crippen LogP) is 4.31. The third-order valence-electron chi connectivity index (χ3n) is 3.74. The first-order valence-corrected chi connectivity index (χ1v) is 8.19. The molecule has 0 spiro atoms. The molecule has 0 saturated heterocycles. The monoisotopic (exact) mass is 354 g/mol. The van der Waals surface area contributed by atoms with E-state index in [1.165, 1.54) is 13.8 Å². The highest BCUT2D eigenvalue weighted by Crippen LogP contribution is 2.33. The fraction of sp³-hybridized carbons (Fsp3) is 0.300. The van der Waals surface area contributed by atoms with Gasteiger partial charge in [-0.15, -0.1) is 10.2 Å². The zero-order chi connectivity index (χ0) is 19.2. The van der Waals surface area contributed by atoms with Crippen LogP contribution in [0.2, 0.25) is 0 Å². The summed E-state index contributed by atoms with van der Waals surface area (Å²) in [5, 5.41) is 8.54. The van der Waals surface area contributed by atoms with Crippen molar-refractivity contribution in [3.63, 3.8) is 0 Å². The van der Waals surface area contributed by atoms with Crippen LogP contribution in [-0.4, -0.2) is 11.9 Å². The van der Waals surface area contributed by atoms with Crippen LogP contribution in [0.1, 0.15) is 38.8 Å². The lowest BCUT2D eigenvalue weighted by molar-refractivity contribution is -0.162. The Bertz CT molecular complexity index is 724. The van der Waals surface area contributed by atoms with Gasteiger partial charge in [-0.1, -0.05) is 60.7 Å². The van der Waals surface area contributed by atoms with Crippen LogP contribution in [0, 0.1) is 0 Å². The molecule has 2 atom stereocenters. The molecule has 0 saturated carbocycles. The molecule has 0 N–H and O–H groups in total. The summed E-state index contributed by atoms with van der Waals surface area (Å²) in [4.78, 5) is 23.2. The molecule has 26 heavy (non-hydrogen) atoms. The van der Waals surface area contributed by atoms with E-state index in [0.717, 1.165) is 0 Å². The lowest BCUT2D eigenvalue weighted by atomic mass is 10.0. The van der Waals surface area contributed by atoms with E-state index >= 15 is 0 Å². The first kappa shape index (κ1) is 19.3. The van der Waals surface area contributed by atoms with Crippen molar-refractivity contribution in [1.82, 2.24) is 0 Å². The maximum absolute atomic E-state index is 11.6. The summed E-state index contributed by atoms with van der Waals surface area (Å²) >= 11 is 0. The molecule has 2 rings (SSSR count). The lowest BCUT2D eigenvalue weighted by Crippen LogP contribution is -2.29. The zero-order valence-electron chi connectivity index (χ0n) is 15.3. The lowest BCUT2D eigenvalue weighted by Gasteiger charge is -2.28. The van der Waals surface area contributed by atoms with Gasteiger partial charge < -0.3 is 9.47 Å². The molecule has 0 aliphatic carbocycles. The van der Waals surface area contributed by atoms with Crippen LogP contribution < -0.4 is 0 Å². The number of nitrogens with zero attached hydrogens (tertiary/aromatic N) is 2. The number of hydrogen-bond acceptors (Lipinski definition) is 6. The van der Waals surface area contributed by atoms with E-state index in [0.29, 0.717) is 11.1 Å². The molecule has 0 radical (unpaired) electrons. The molecule has 0 amide bonds. The van der Waals surface area contributed by atoms with Crippen LogP contribution in [-0.2, 0) is 30.5 Å². The second-order valence-corrected chi connectivity index (χ2v) is 6.09. The number of benzene rings is 2. The predicted molar refractivity (Wildman–Crippen MR) is 96.0 cm³/mol. The van der Waals surface area contributed by atoms with E-state index in [2.05, 4.69) is 10.2 Å². The van der Waals surface area contributed by atoms with Crippen molar-refractivity contribution >= 4 is 11.9 Å². The van der Waals surface area contributed by atoms with E-state index in [9.17, 15) is 9.59 Å². The number of hydrogen-bond donors (Lipinski definition) is 0. The van der Waals surface area contributed by atoms with Gasteiger partial charge in [-0.05, 0) is 0 Å². The van der Waals surface area contributed by atoms with E-state index in [-0.39, 0.29) is 0 Å². The molecule has 0 bridgehead atoms. The Labute approximate surface area is 152 Å². The van der Waals surface area contributed by atoms with Crippen molar-refractivity contribution < 1.29 is 19.1 Å². The Morgan fingerprint density at radius 1 is 0.692 bits per heavy atom. The smallest absolute Gasteiger partial charge is 0.305 e. The van der Waals surface area contributed by atoms with Crippen molar-refractivity contribution in [1.29, 1.82) is 0 Å². The second kappa shape index (κ2) is 7.91. The molecule has 2 aromatic rings. The summed E-state index contributed by atoms with van der Waals surface area (Å²) in [5.74, 6) is -0.992. The summed E-state index contributed by atoms with van der Waals surface area (Å²) in [6.07, 6.45) is 0. The van der Waals surface area contributed by atoms with Gasteiger partial charge in [0.1, 0.15) is 0 Å². The van der Waals surface area contributed by atoms with Gasteiger partial charge in [0.25, 0.3) is 0 Å². The van der Waals surface area contributed by atoms with Gasteiger partial charge in [-0.2, -0.15) is 0 Å². The molecule has 0 fully saturated rings. The number of esters is 2. The molecule has 6 nitrogen and oxygen atoms in total. The molecule has 136 valence electrons. The molecule has 0 aromatic heterocycles. The average Bonchev–Trinajstić information content (AvgIpc) is 2.60. The van der Waals surface area contributed by atoms with E-state index < -0.39 is 23.4 Å². The normalized spacial score (nSPS) is 15.7. The average molecular weight is 354 g/mol. The summed E-state index contributed by atoms with van der Waals surface area (Å²) in [6.45, 7) is 5.87. The van der Waals surface area contributed by atoms with Crippen LogP contribution >= 0.6 is 0 Å². The number of azo groups is 1. The minimum absolute atomic E-state index is 0.496. The van der Waals surface area contributed by atoms with Crippen LogP contribution in [0.15, 0.2) is 70.9 Å². The van der Waals surface area contributed by atoms with Gasteiger partial charge in [0.2, 0.25) is 11.4 Å². The molecule has 2 aromatic carbocycles. The molecule has 0 heterocycles. The molecule has 6 heteroatoms. The zero-order valence-corrected chi connectivity index (χ0v) is 15.3. The quantitative estimate of drug-likeness (QED) is 0.572. The Balaban J connectivity index is 2.47. The molecule has 0 aliphatic rings. The Kier molecular flexibility index (Phi) is 5.87. The van der Waals surface area contributed by atoms with Crippen LogP contribution in [0.25, 0.3) is 0 Å². The van der Waals surface area contributed by atoms with Gasteiger partial charge in [-0.3, -0.25) is 9.59 Å². The number of carbonyl (C=O) groups excluding carboxylic acids is 2. The topological polar surface area (TPSA) is 77.3 Å². The summed E-state index contributed by atoms with van der Waals surface area (Å²) in [6, 6.07) is 18.1. The van der Waals surface area contributed by atoms with Crippen LogP contribution in [0.4, 0.5) is 0 Å². The van der Waals surface area contributed by atoms with Gasteiger partial charge in [-0.25, -0.2) is 0 Å². The molecular formula is C20H22N2O4. The maximum atomic E-state index is 11.6. The maximum Gasteiger partial charge on any atom is 0.305 e. The van der Waals surface area contributed by atoms with Gasteiger partial charge in [0.05, 0.1) is 0 Å². The second-order valence-electron chi connectivity index (χ2n) is 6.09. The standard InChI is InChI=1S/C20H22N2O4/c1-15(23)25-19(3,17-11-7-5-8-12-17)21-22-20(4,26-16(2)24)18-13-9-6-10-14-18/h5-14H,1-4H3/b22-21+. The van der Waals surface area contributed by atoms with Crippen molar-refractivity contribution in [2.45, 2.75) is 39.1 Å².